The summed E-state index contributed by atoms with van der Waals surface area (Å²) in [5, 5.41) is 14.7. The number of halogens is 3. The van der Waals surface area contributed by atoms with E-state index in [-0.39, 0.29) is 151 Å². The fourth-order valence-electron chi connectivity index (χ4n) is 15.1. The van der Waals surface area contributed by atoms with Crippen LogP contribution in [0, 0.1) is 67.3 Å². The number of amides is 5. The summed E-state index contributed by atoms with van der Waals surface area (Å²) in [6.45, 7) is 18.6. The van der Waals surface area contributed by atoms with Crippen molar-refractivity contribution in [2.75, 3.05) is 46.3 Å². The molecule has 5 amide bonds. The third-order valence-electron chi connectivity index (χ3n) is 20.9. The Kier molecular flexibility index (Phi) is 26.5. The summed E-state index contributed by atoms with van der Waals surface area (Å²) in [6, 6.07) is 41.9. The number of hydrogen-bond acceptors (Lipinski definition) is 21. The number of carbonyl (C=O) groups is 5. The second kappa shape index (κ2) is 37.3. The molecule has 3 atom stereocenters. The Labute approximate surface area is 710 Å². The zero-order valence-electron chi connectivity index (χ0n) is 69.0. The zero-order valence-corrected chi connectivity index (χ0v) is 70.7. The minimum atomic E-state index is -0.755. The Morgan fingerprint density at radius 1 is 0.480 bits per heavy atom. The molecule has 634 valence electrons. The monoisotopic (exact) mass is 1710 g/mol. The number of furan rings is 4. The lowest BCUT2D eigenvalue weighted by Gasteiger charge is -2.35. The molecule has 123 heavy (non-hydrogen) atoms. The second-order valence-electron chi connectivity index (χ2n) is 30.8. The van der Waals surface area contributed by atoms with E-state index >= 15 is 0 Å². The predicted octanol–water partition coefficient (Wildman–Crippen LogP) is 14.4. The average Bonchev–Trinajstić information content (AvgIpc) is 1.63. The fraction of sp³-hybridized carbons (Fsp3) is 0.275. The van der Waals surface area contributed by atoms with Gasteiger partial charge in [0.25, 0.3) is 46.2 Å². The van der Waals surface area contributed by atoms with Crippen molar-refractivity contribution in [3.8, 4) is 6.07 Å². The van der Waals surface area contributed by atoms with Crippen LogP contribution in [0.25, 0.3) is 66.2 Å². The molecule has 6 aromatic carbocycles. The lowest BCUT2D eigenvalue weighted by atomic mass is 9.99. The summed E-state index contributed by atoms with van der Waals surface area (Å²) >= 11 is 2.60. The molecule has 0 bridgehead atoms. The van der Waals surface area contributed by atoms with Crippen molar-refractivity contribution in [3.05, 3.63) is 294 Å². The summed E-state index contributed by atoms with van der Waals surface area (Å²) in [5.41, 5.74) is 28.3. The van der Waals surface area contributed by atoms with E-state index in [1.54, 1.807) is 81.7 Å². The highest BCUT2D eigenvalue weighted by Crippen LogP contribution is 2.38. The number of nitriles is 1. The van der Waals surface area contributed by atoms with Gasteiger partial charge in [-0.1, -0.05) is 94.6 Å². The smallest absolute Gasteiger partial charge is 0.297 e. The van der Waals surface area contributed by atoms with E-state index in [1.807, 2.05) is 98.7 Å². The van der Waals surface area contributed by atoms with Gasteiger partial charge in [0.2, 0.25) is 16.7 Å². The molecular weight excluding hydrogens is 1620 g/mol. The Balaban J connectivity index is 0.000000159. The summed E-state index contributed by atoms with van der Waals surface area (Å²) in [4.78, 5) is 129. The van der Waals surface area contributed by atoms with E-state index in [9.17, 15) is 56.8 Å². The Morgan fingerprint density at radius 2 is 0.837 bits per heavy atom. The molecule has 0 radical (unpaired) electrons. The number of nitrogens with one attached hydrogen (secondary N) is 1. The van der Waals surface area contributed by atoms with E-state index in [0.29, 0.717) is 71.7 Å². The van der Waals surface area contributed by atoms with Gasteiger partial charge in [-0.05, 0) is 160 Å². The van der Waals surface area contributed by atoms with Crippen molar-refractivity contribution in [2.24, 2.45) is 40.7 Å². The van der Waals surface area contributed by atoms with Crippen LogP contribution < -0.4 is 44.9 Å². The minimum Gasteiger partial charge on any atom is -0.454 e. The first-order valence-electron chi connectivity index (χ1n) is 39.7. The first-order chi connectivity index (χ1) is 58.9. The molecule has 15 rings (SSSR count). The average molecular weight is 1710 g/mol. The molecule has 15 aromatic rings. The topological polar surface area (TPSA) is 392 Å². The molecule has 0 fully saturated rings. The number of primary amides is 1. The lowest BCUT2D eigenvalue weighted by molar-refractivity contribution is 0.0606. The molecule has 0 saturated carbocycles. The SMILES string of the molecule is CNC(=O)c1ccc(Cn2c(C(C(C)C)N(CCN)C(=O)c3ccc(C)cc3)nc3c(oc4ccc(F)cc43)c2=O)s1.Cc1ccc(C(=O)N(CCN)C(c2nc3c(oc4ccc(F)cc43)c(=O)n2Cc2cc(C#N)cs2)C(C)C)cc1.Cc1ccc(C(=O)N(CCN)C(c2nc3c(oc4ccc(F)cc43)c(=O)n2Cc2ccc(C(N)=O)o2)C(C)C)cc1. The summed E-state index contributed by atoms with van der Waals surface area (Å²) in [5.74, 6) is -2.77. The molecule has 9 N–H and O–H groups in total. The molecule has 0 aliphatic rings. The number of nitrogens with zero attached hydrogens (tertiary/aromatic N) is 10. The number of carbonyl (C=O) groups excluding carboxylic acids is 5. The lowest BCUT2D eigenvalue weighted by Crippen LogP contribution is -2.43. The molecule has 0 spiro atoms. The standard InChI is InChI=1S/C31H32FN5O4S.C30H30FN5O5.C30H28FN5O3S/c1-17(2)26(36(14-13-33)30(39)19-7-5-18(3)6-8-19)28-35-25-22-15-20(32)9-11-23(22)41-27(25)31(40)37(28)16-21-10-12-24(42-21)29(38)34-4;1-16(2)25(35(13-12-32)29(38)18-6-4-17(3)5-7-18)28-34-24-21-14-19(31)8-10-22(21)41-26(24)30(39)36(28)15-20-9-11-23(40-20)27(33)37;1-17(2)26(35(11-10-32)29(37)20-6-4-18(3)5-7-20)28-34-25-23-13-21(31)8-9-24(23)39-27(25)30(38)36(28)15-22-12-19(14-33)16-40-22/h5-12,15,17,26H,13-14,16,33H2,1-4H3,(H,34,38);4-11,14,16,25H,12-13,15,32H2,1-3H3,(H2,33,37);4-9,12-13,16-17,26H,10-11,15,32H2,1-3H3. The molecule has 0 saturated heterocycles. The van der Waals surface area contributed by atoms with Crippen LogP contribution in [0.3, 0.4) is 0 Å². The number of thiophene rings is 2. The van der Waals surface area contributed by atoms with Gasteiger partial charge < -0.3 is 60.6 Å². The number of aromatic nitrogens is 6. The van der Waals surface area contributed by atoms with E-state index in [0.717, 1.165) is 26.4 Å². The molecule has 0 aliphatic carbocycles. The van der Waals surface area contributed by atoms with Crippen LogP contribution in [0.4, 0.5) is 13.2 Å². The highest BCUT2D eigenvalue weighted by Gasteiger charge is 2.38. The van der Waals surface area contributed by atoms with Crippen molar-refractivity contribution >= 4 is 118 Å². The quantitative estimate of drug-likeness (QED) is 0.0336. The van der Waals surface area contributed by atoms with Gasteiger partial charge in [0, 0.05) is 94.3 Å². The van der Waals surface area contributed by atoms with Crippen molar-refractivity contribution in [1.29, 1.82) is 5.26 Å². The molecule has 9 heterocycles. The fourth-order valence-corrected chi connectivity index (χ4v) is 16.8. The molecule has 0 aliphatic heterocycles. The maximum Gasteiger partial charge on any atom is 0.297 e. The maximum absolute atomic E-state index is 14.3. The van der Waals surface area contributed by atoms with Crippen molar-refractivity contribution in [1.82, 2.24) is 48.7 Å². The summed E-state index contributed by atoms with van der Waals surface area (Å²) in [6.07, 6.45) is 0. The molecular formula is C91H90F3N15O12S2. The van der Waals surface area contributed by atoms with Gasteiger partial charge in [-0.25, -0.2) is 28.1 Å². The van der Waals surface area contributed by atoms with Gasteiger partial charge >= 0.3 is 0 Å². The number of fused-ring (bicyclic) bond motifs is 9. The number of nitrogens with two attached hydrogens (primary N) is 4. The van der Waals surface area contributed by atoms with Crippen LogP contribution in [-0.2, 0) is 19.6 Å². The molecule has 9 aromatic heterocycles. The highest BCUT2D eigenvalue weighted by molar-refractivity contribution is 7.14. The van der Waals surface area contributed by atoms with Gasteiger partial charge in [0.1, 0.15) is 80.1 Å². The van der Waals surface area contributed by atoms with Gasteiger partial charge in [-0.15, -0.1) is 22.7 Å². The molecule has 27 nitrogen and oxygen atoms in total. The first kappa shape index (κ1) is 87.4. The van der Waals surface area contributed by atoms with E-state index in [4.69, 9.17) is 55.6 Å². The molecule has 32 heteroatoms. The Morgan fingerprint density at radius 3 is 1.15 bits per heavy atom. The van der Waals surface area contributed by atoms with Gasteiger partial charge in [-0.2, -0.15) is 5.26 Å². The number of benzene rings is 6. The van der Waals surface area contributed by atoms with Gasteiger partial charge in [0.15, 0.2) is 5.76 Å². The summed E-state index contributed by atoms with van der Waals surface area (Å²) in [7, 11) is 1.55. The first-order valence-corrected chi connectivity index (χ1v) is 41.4. The minimum absolute atomic E-state index is 0.000783. The summed E-state index contributed by atoms with van der Waals surface area (Å²) < 4.78 is 70.2. The van der Waals surface area contributed by atoms with Crippen LogP contribution in [0.1, 0.15) is 166 Å². The van der Waals surface area contributed by atoms with E-state index in [1.165, 1.54) is 103 Å². The third kappa shape index (κ3) is 18.3. The number of rotatable bonds is 26. The number of hydrogen-bond donors (Lipinski definition) is 5. The zero-order chi connectivity index (χ0) is 88.1. The van der Waals surface area contributed by atoms with Crippen LogP contribution in [-0.4, -0.2) is 119 Å². The molecule has 3 unspecified atom stereocenters. The van der Waals surface area contributed by atoms with Gasteiger partial charge in [0.05, 0.1) is 48.2 Å². The normalized spacial score (nSPS) is 12.3. The van der Waals surface area contributed by atoms with E-state index in [2.05, 4.69) is 11.4 Å². The van der Waals surface area contributed by atoms with Crippen LogP contribution >= 0.6 is 22.7 Å². The van der Waals surface area contributed by atoms with Crippen molar-refractivity contribution in [3.63, 3.8) is 0 Å². The largest absolute Gasteiger partial charge is 0.454 e. The highest BCUT2D eigenvalue weighted by atomic mass is 32.1. The van der Waals surface area contributed by atoms with Crippen LogP contribution in [0.15, 0.2) is 195 Å². The maximum atomic E-state index is 14.3. The third-order valence-corrected chi connectivity index (χ3v) is 22.9. The predicted molar refractivity (Wildman–Crippen MR) is 465 cm³/mol. The Hall–Kier alpha value is -13.5. The van der Waals surface area contributed by atoms with Crippen LogP contribution in [0.5, 0.6) is 0 Å². The number of aryl methyl sites for hydroxylation is 3. The Bertz CT molecular complexity index is 6750. The van der Waals surface area contributed by atoms with Gasteiger partial charge in [-0.3, -0.25) is 52.1 Å². The van der Waals surface area contributed by atoms with Crippen molar-refractivity contribution < 1.29 is 54.8 Å². The van der Waals surface area contributed by atoms with Crippen LogP contribution in [0.2, 0.25) is 0 Å². The van der Waals surface area contributed by atoms with E-state index < -0.39 is 58.2 Å². The van der Waals surface area contributed by atoms with Crippen molar-refractivity contribution in [2.45, 2.75) is 100 Å². The second-order valence-corrected chi connectivity index (χ2v) is 32.9.